The van der Waals surface area contributed by atoms with E-state index >= 15 is 0 Å². The summed E-state index contributed by atoms with van der Waals surface area (Å²) in [7, 11) is 2.39. The van der Waals surface area contributed by atoms with Crippen molar-refractivity contribution in [3.63, 3.8) is 0 Å². The minimum absolute atomic E-state index is 0.0554. The minimum atomic E-state index is 0.0554. The van der Waals surface area contributed by atoms with Crippen LogP contribution in [0.25, 0.3) is 0 Å². The molecule has 0 amide bonds. The van der Waals surface area contributed by atoms with Crippen LogP contribution in [0.2, 0.25) is 0 Å². The molecule has 0 saturated heterocycles. The average molecular weight is 422 g/mol. The lowest BCUT2D eigenvalue weighted by molar-refractivity contribution is 0.311. The highest BCUT2D eigenvalue weighted by molar-refractivity contribution is 7.96. The quantitative estimate of drug-likeness (QED) is 0.372. The lowest BCUT2D eigenvalue weighted by Crippen LogP contribution is -2.26. The maximum Gasteiger partial charge on any atom is 0.185 e. The molecule has 0 aromatic heterocycles. The first-order chi connectivity index (χ1) is 14.3. The minimum Gasteiger partial charge on any atom is -0.332 e. The number of hydrogen-bond acceptors (Lipinski definition) is 2. The van der Waals surface area contributed by atoms with Gasteiger partial charge in [-0.1, -0.05) is 55.2 Å². The monoisotopic (exact) mass is 421 g/mol. The molecule has 30 heavy (non-hydrogen) atoms. The second-order valence-corrected chi connectivity index (χ2v) is 10.7. The summed E-state index contributed by atoms with van der Waals surface area (Å²) >= 11 is 0. The third-order valence-corrected chi connectivity index (χ3v) is 6.60. The number of nitrogens with zero attached hydrogens (tertiary/aromatic N) is 2. The van der Waals surface area contributed by atoms with E-state index in [-0.39, 0.29) is 16.3 Å². The van der Waals surface area contributed by atoms with Crippen LogP contribution >= 0.6 is 0 Å². The predicted octanol–water partition coefficient (Wildman–Crippen LogP) is 5.82. The number of likely N-dealkylation sites (N-methyl/N-ethyl adjacent to an activating group) is 1. The van der Waals surface area contributed by atoms with E-state index in [1.165, 1.54) is 16.1 Å². The van der Waals surface area contributed by atoms with E-state index in [0.717, 1.165) is 25.5 Å². The van der Waals surface area contributed by atoms with Gasteiger partial charge in [-0.3, -0.25) is 4.90 Å². The molecule has 1 unspecified atom stereocenters. The maximum atomic E-state index is 3.25. The zero-order valence-corrected chi connectivity index (χ0v) is 20.3. The molecule has 0 aliphatic heterocycles. The first-order valence-electron chi connectivity index (χ1n) is 10.7. The summed E-state index contributed by atoms with van der Waals surface area (Å²) in [5, 5.41) is 0. The summed E-state index contributed by atoms with van der Waals surface area (Å²) in [6.07, 6.45) is 6.48. The highest BCUT2D eigenvalue weighted by atomic mass is 32.2. The molecule has 0 fully saturated rings. The van der Waals surface area contributed by atoms with Crippen molar-refractivity contribution >= 4 is 16.6 Å². The van der Waals surface area contributed by atoms with Crippen molar-refractivity contribution in [1.82, 2.24) is 4.90 Å². The van der Waals surface area contributed by atoms with Crippen molar-refractivity contribution in [2.45, 2.75) is 39.1 Å². The molecule has 2 rings (SSSR count). The Morgan fingerprint density at radius 1 is 1.03 bits per heavy atom. The number of allylic oxidation sites excluding steroid dienone is 1. The van der Waals surface area contributed by atoms with Crippen molar-refractivity contribution < 1.29 is 0 Å². The SMILES string of the molecule is CCN(C/C=C/C#CC(C)(C)C)Cc1cccc(N(C)C[S+](C)c2ccccc2)c1. The molecular weight excluding hydrogens is 384 g/mol. The second kappa shape index (κ2) is 11.9. The molecule has 0 radical (unpaired) electrons. The molecule has 3 heteroatoms. The maximum absolute atomic E-state index is 3.25. The van der Waals surface area contributed by atoms with Gasteiger partial charge in [0, 0.05) is 42.1 Å². The van der Waals surface area contributed by atoms with Crippen LogP contribution in [0, 0.1) is 17.3 Å². The Bertz CT molecular complexity index is 856. The van der Waals surface area contributed by atoms with Gasteiger partial charge in [0.05, 0.1) is 0 Å². The van der Waals surface area contributed by atoms with E-state index in [2.05, 4.69) is 123 Å². The van der Waals surface area contributed by atoms with Crippen LogP contribution in [0.4, 0.5) is 5.69 Å². The fraction of sp³-hybridized carbons (Fsp3) is 0.407. The van der Waals surface area contributed by atoms with Gasteiger partial charge in [0.2, 0.25) is 0 Å². The van der Waals surface area contributed by atoms with Crippen LogP contribution in [-0.4, -0.2) is 37.2 Å². The first kappa shape index (κ1) is 24.1. The van der Waals surface area contributed by atoms with Gasteiger partial charge < -0.3 is 4.90 Å². The van der Waals surface area contributed by atoms with Gasteiger partial charge in [-0.2, -0.15) is 0 Å². The van der Waals surface area contributed by atoms with Gasteiger partial charge in [-0.15, -0.1) is 0 Å². The Kier molecular flexibility index (Phi) is 9.56. The topological polar surface area (TPSA) is 6.48 Å². The molecule has 0 N–H and O–H groups in total. The predicted molar refractivity (Wildman–Crippen MR) is 135 cm³/mol. The summed E-state index contributed by atoms with van der Waals surface area (Å²) in [6, 6.07) is 19.7. The Balaban J connectivity index is 1.96. The standard InChI is InChI=1S/C27H37N2S/c1-7-29(20-13-9-12-19-27(2,3)4)22-24-15-14-16-25(21-24)28(5)23-30(6)26-17-10-8-11-18-26/h8-11,13-18,21H,7,20,22-23H2,1-6H3/q+1/b13-9+. The van der Waals surface area contributed by atoms with Crippen LogP contribution in [0.5, 0.6) is 0 Å². The van der Waals surface area contributed by atoms with Crippen molar-refractivity contribution in [2.24, 2.45) is 5.41 Å². The summed E-state index contributed by atoms with van der Waals surface area (Å²) in [5.41, 5.74) is 2.69. The molecule has 1 atom stereocenters. The average Bonchev–Trinajstić information content (AvgIpc) is 2.72. The van der Waals surface area contributed by atoms with Crippen LogP contribution in [-0.2, 0) is 17.4 Å². The Morgan fingerprint density at radius 3 is 2.43 bits per heavy atom. The van der Waals surface area contributed by atoms with Gasteiger partial charge in [0.15, 0.2) is 10.8 Å². The van der Waals surface area contributed by atoms with Crippen molar-refractivity contribution in [2.75, 3.05) is 37.2 Å². The first-order valence-corrected chi connectivity index (χ1v) is 12.5. The van der Waals surface area contributed by atoms with E-state index in [0.29, 0.717) is 0 Å². The molecule has 2 nitrogen and oxygen atoms in total. The lowest BCUT2D eigenvalue weighted by Gasteiger charge is -2.21. The largest absolute Gasteiger partial charge is 0.332 e. The molecule has 0 aliphatic rings. The van der Waals surface area contributed by atoms with E-state index < -0.39 is 0 Å². The van der Waals surface area contributed by atoms with Crippen LogP contribution in [0.3, 0.4) is 0 Å². The van der Waals surface area contributed by atoms with Crippen molar-refractivity contribution in [3.05, 3.63) is 72.3 Å². The number of anilines is 1. The zero-order chi connectivity index (χ0) is 22.0. The molecule has 0 aliphatic carbocycles. The van der Waals surface area contributed by atoms with Crippen LogP contribution in [0.15, 0.2) is 71.6 Å². The van der Waals surface area contributed by atoms with Crippen LogP contribution in [0.1, 0.15) is 33.3 Å². The van der Waals surface area contributed by atoms with Gasteiger partial charge in [0.25, 0.3) is 0 Å². The highest BCUT2D eigenvalue weighted by Crippen LogP contribution is 2.19. The molecule has 0 bridgehead atoms. The Hall–Kier alpha value is -2.15. The highest BCUT2D eigenvalue weighted by Gasteiger charge is 2.18. The molecule has 0 spiro atoms. The second-order valence-electron chi connectivity index (χ2n) is 8.70. The fourth-order valence-electron chi connectivity index (χ4n) is 3.07. The van der Waals surface area contributed by atoms with Crippen molar-refractivity contribution in [3.8, 4) is 11.8 Å². The third-order valence-electron chi connectivity index (χ3n) is 4.75. The fourth-order valence-corrected chi connectivity index (χ4v) is 4.57. The summed E-state index contributed by atoms with van der Waals surface area (Å²) < 4.78 is 0. The molecule has 160 valence electrons. The number of benzene rings is 2. The lowest BCUT2D eigenvalue weighted by atomic mass is 9.98. The molecule has 2 aromatic rings. The number of hydrogen-bond donors (Lipinski definition) is 0. The molecule has 0 saturated carbocycles. The third kappa shape index (κ3) is 8.69. The van der Waals surface area contributed by atoms with Gasteiger partial charge in [-0.05, 0) is 63.2 Å². The van der Waals surface area contributed by atoms with Crippen LogP contribution < -0.4 is 4.90 Å². The summed E-state index contributed by atoms with van der Waals surface area (Å²) in [6.45, 7) is 11.5. The van der Waals surface area contributed by atoms with E-state index in [1.54, 1.807) is 0 Å². The molecule has 0 heterocycles. The van der Waals surface area contributed by atoms with E-state index in [9.17, 15) is 0 Å². The van der Waals surface area contributed by atoms with Crippen molar-refractivity contribution in [1.29, 1.82) is 0 Å². The van der Waals surface area contributed by atoms with Gasteiger partial charge >= 0.3 is 0 Å². The normalized spacial score (nSPS) is 12.6. The van der Waals surface area contributed by atoms with E-state index in [1.807, 2.05) is 6.08 Å². The smallest absolute Gasteiger partial charge is 0.185 e. The van der Waals surface area contributed by atoms with E-state index in [4.69, 9.17) is 0 Å². The summed E-state index contributed by atoms with van der Waals surface area (Å²) in [4.78, 5) is 6.22. The Morgan fingerprint density at radius 2 is 1.77 bits per heavy atom. The Labute approximate surface area is 187 Å². The number of rotatable bonds is 9. The molecular formula is C27H37N2S+. The zero-order valence-electron chi connectivity index (χ0n) is 19.5. The molecule has 2 aromatic carbocycles. The van der Waals surface area contributed by atoms with Gasteiger partial charge in [0.1, 0.15) is 6.26 Å². The van der Waals surface area contributed by atoms with Gasteiger partial charge in [-0.25, -0.2) is 0 Å². The summed E-state index contributed by atoms with van der Waals surface area (Å²) in [5.74, 6) is 7.44.